The van der Waals surface area contributed by atoms with E-state index in [1.807, 2.05) is 18.5 Å². The fraction of sp³-hybridized carbons (Fsp3) is 0.588. The van der Waals surface area contributed by atoms with Gasteiger partial charge in [-0.15, -0.1) is 0 Å². The van der Waals surface area contributed by atoms with E-state index in [1.54, 1.807) is 0 Å². The first kappa shape index (κ1) is 18.6. The smallest absolute Gasteiger partial charge is 0.407 e. The van der Waals surface area contributed by atoms with E-state index in [0.717, 1.165) is 17.0 Å². The number of amides is 1. The molecule has 1 unspecified atom stereocenters. The average molecular weight is 350 g/mol. The third-order valence-electron chi connectivity index (χ3n) is 3.95. The lowest BCUT2D eigenvalue weighted by molar-refractivity contribution is 0.0784. The van der Waals surface area contributed by atoms with E-state index in [4.69, 9.17) is 9.53 Å². The van der Waals surface area contributed by atoms with Crippen molar-refractivity contribution in [2.24, 2.45) is 5.41 Å². The summed E-state index contributed by atoms with van der Waals surface area (Å²) in [5.41, 5.74) is 1.99. The zero-order valence-electron chi connectivity index (χ0n) is 15.1. The first-order valence-corrected chi connectivity index (χ1v) is 11.1. The second-order valence-corrected chi connectivity index (χ2v) is 9.84. The van der Waals surface area contributed by atoms with Crippen molar-refractivity contribution in [2.45, 2.75) is 46.4 Å². The largest absolute Gasteiger partial charge is 0.465 e. The zero-order chi connectivity index (χ0) is 17.9. The van der Waals surface area contributed by atoms with Crippen molar-refractivity contribution in [3.8, 4) is 0 Å². The summed E-state index contributed by atoms with van der Waals surface area (Å²) in [5.74, 6) is 0.719. The maximum atomic E-state index is 11.0. The van der Waals surface area contributed by atoms with Gasteiger partial charge in [0, 0.05) is 31.0 Å². The predicted molar refractivity (Wildman–Crippen MR) is 96.4 cm³/mol. The number of hydrogen-bond acceptors (Lipinski definition) is 4. The number of carboxylic acid groups (broad SMARTS) is 1. The molecule has 7 heteroatoms. The molecule has 24 heavy (non-hydrogen) atoms. The quantitative estimate of drug-likeness (QED) is 0.844. The van der Waals surface area contributed by atoms with Gasteiger partial charge in [-0.3, -0.25) is 0 Å². The van der Waals surface area contributed by atoms with Gasteiger partial charge in [-0.05, 0) is 30.5 Å². The van der Waals surface area contributed by atoms with Crippen LogP contribution in [0.5, 0.6) is 0 Å². The molecule has 0 saturated heterocycles. The van der Waals surface area contributed by atoms with E-state index in [9.17, 15) is 4.79 Å². The van der Waals surface area contributed by atoms with Gasteiger partial charge in [-0.25, -0.2) is 14.8 Å². The Morgan fingerprint density at radius 3 is 2.38 bits per heavy atom. The van der Waals surface area contributed by atoms with Gasteiger partial charge in [0.1, 0.15) is 6.10 Å². The van der Waals surface area contributed by atoms with Gasteiger partial charge in [0.2, 0.25) is 0 Å². The van der Waals surface area contributed by atoms with E-state index < -0.39 is 15.1 Å². The van der Waals surface area contributed by atoms with E-state index in [0.29, 0.717) is 19.5 Å². The highest BCUT2D eigenvalue weighted by Crippen LogP contribution is 2.35. The molecular weight excluding hydrogens is 322 g/mol. The lowest BCUT2D eigenvalue weighted by Crippen LogP contribution is -2.33. The summed E-state index contributed by atoms with van der Waals surface area (Å²) in [4.78, 5) is 21.4. The molecule has 0 radical (unpaired) electrons. The molecule has 6 nitrogen and oxygen atoms in total. The number of aromatic nitrogens is 2. The summed E-state index contributed by atoms with van der Waals surface area (Å²) >= 11 is 0. The van der Waals surface area contributed by atoms with Crippen molar-refractivity contribution in [2.75, 3.05) is 13.1 Å². The molecule has 0 aliphatic carbocycles. The van der Waals surface area contributed by atoms with E-state index in [-0.39, 0.29) is 11.5 Å². The van der Waals surface area contributed by atoms with Crippen LogP contribution in [0.25, 0.3) is 5.57 Å². The summed E-state index contributed by atoms with van der Waals surface area (Å²) in [7, 11) is -1.21. The minimum absolute atomic E-state index is 0.0646. The molecule has 1 aliphatic heterocycles. The standard InChI is InChI=1S/C17H27N3O3Si/c1-17(2,3)14(23-24(4)5)15-18-10-13(11-19-15)12-6-8-20(9-7-12)16(21)22/h6,10-11,14,24H,7-9H2,1-5H3,(H,21,22). The van der Waals surface area contributed by atoms with Crippen LogP contribution in [0.4, 0.5) is 4.79 Å². The highest BCUT2D eigenvalue weighted by Gasteiger charge is 2.30. The Balaban J connectivity index is 2.16. The van der Waals surface area contributed by atoms with Gasteiger partial charge < -0.3 is 14.4 Å². The van der Waals surface area contributed by atoms with Crippen molar-refractivity contribution in [1.82, 2.24) is 14.9 Å². The Bertz CT molecular complexity index is 609. The molecule has 1 atom stereocenters. The van der Waals surface area contributed by atoms with Crippen LogP contribution < -0.4 is 0 Å². The van der Waals surface area contributed by atoms with Gasteiger partial charge in [0.05, 0.1) is 0 Å². The van der Waals surface area contributed by atoms with Gasteiger partial charge >= 0.3 is 6.09 Å². The summed E-state index contributed by atoms with van der Waals surface area (Å²) in [6, 6.07) is 0. The van der Waals surface area contributed by atoms with Crippen molar-refractivity contribution < 1.29 is 14.3 Å². The van der Waals surface area contributed by atoms with Crippen molar-refractivity contribution >= 4 is 20.7 Å². The Morgan fingerprint density at radius 2 is 1.96 bits per heavy atom. The number of hydrogen-bond donors (Lipinski definition) is 1. The van der Waals surface area contributed by atoms with Gasteiger partial charge in [0.25, 0.3) is 0 Å². The molecule has 1 N–H and O–H groups in total. The monoisotopic (exact) mass is 349 g/mol. The maximum absolute atomic E-state index is 11.0. The molecule has 1 aromatic heterocycles. The molecular formula is C17H27N3O3Si. The Hall–Kier alpha value is -1.73. The Labute approximate surface area is 145 Å². The van der Waals surface area contributed by atoms with Gasteiger partial charge in [-0.2, -0.15) is 0 Å². The average Bonchev–Trinajstić information content (AvgIpc) is 2.52. The van der Waals surface area contributed by atoms with Crippen molar-refractivity contribution in [3.05, 3.63) is 29.9 Å². The SMILES string of the molecule is C[SiH](C)OC(c1ncc(C2=CCN(C(=O)O)CC2)cn1)C(C)(C)C. The third-order valence-corrected chi connectivity index (χ3v) is 4.77. The molecule has 0 aromatic carbocycles. The molecule has 1 aliphatic rings. The fourth-order valence-corrected chi connectivity index (χ4v) is 3.74. The summed E-state index contributed by atoms with van der Waals surface area (Å²) in [6.45, 7) is 11.6. The molecule has 0 bridgehead atoms. The second kappa shape index (κ2) is 7.44. The third kappa shape index (κ3) is 4.64. The molecule has 2 heterocycles. The molecule has 0 spiro atoms. The summed E-state index contributed by atoms with van der Waals surface area (Å²) in [5, 5.41) is 9.00. The van der Waals surface area contributed by atoms with Crippen LogP contribution in [0.3, 0.4) is 0 Å². The minimum atomic E-state index is -1.21. The van der Waals surface area contributed by atoms with E-state index in [1.165, 1.54) is 4.90 Å². The van der Waals surface area contributed by atoms with E-state index in [2.05, 4.69) is 43.8 Å². The molecule has 2 rings (SSSR count). The molecule has 1 aromatic rings. The van der Waals surface area contributed by atoms with Crippen molar-refractivity contribution in [1.29, 1.82) is 0 Å². The number of rotatable bonds is 4. The Kier molecular flexibility index (Phi) is 5.77. The lowest BCUT2D eigenvalue weighted by atomic mass is 9.88. The Morgan fingerprint density at radius 1 is 1.33 bits per heavy atom. The van der Waals surface area contributed by atoms with Gasteiger partial charge in [0.15, 0.2) is 14.9 Å². The zero-order valence-corrected chi connectivity index (χ0v) is 16.3. The van der Waals surface area contributed by atoms with Crippen LogP contribution in [0.2, 0.25) is 13.1 Å². The minimum Gasteiger partial charge on any atom is -0.465 e. The first-order valence-electron chi connectivity index (χ1n) is 8.33. The van der Waals surface area contributed by atoms with Crippen LogP contribution in [0, 0.1) is 5.41 Å². The molecule has 1 amide bonds. The maximum Gasteiger partial charge on any atom is 0.407 e. The first-order chi connectivity index (χ1) is 11.2. The van der Waals surface area contributed by atoms with Crippen molar-refractivity contribution in [3.63, 3.8) is 0 Å². The van der Waals surface area contributed by atoms with Crippen LogP contribution >= 0.6 is 0 Å². The summed E-state index contributed by atoms with van der Waals surface area (Å²) < 4.78 is 6.15. The van der Waals surface area contributed by atoms with Gasteiger partial charge in [-0.1, -0.05) is 26.8 Å². The number of carbonyl (C=O) groups is 1. The van der Waals surface area contributed by atoms with Crippen LogP contribution in [0.1, 0.15) is 44.7 Å². The lowest BCUT2D eigenvalue weighted by Gasteiger charge is -2.31. The molecule has 0 saturated carbocycles. The normalized spacial score (nSPS) is 16.9. The molecule has 0 fully saturated rings. The van der Waals surface area contributed by atoms with Crippen LogP contribution in [0.15, 0.2) is 18.5 Å². The summed E-state index contributed by atoms with van der Waals surface area (Å²) in [6.07, 6.45) is 5.30. The number of nitrogens with zero attached hydrogens (tertiary/aromatic N) is 3. The highest BCUT2D eigenvalue weighted by molar-refractivity contribution is 6.48. The fourth-order valence-electron chi connectivity index (χ4n) is 2.67. The van der Waals surface area contributed by atoms with Crippen LogP contribution in [-0.2, 0) is 4.43 Å². The topological polar surface area (TPSA) is 75.5 Å². The second-order valence-electron chi connectivity index (χ2n) is 7.47. The van der Waals surface area contributed by atoms with Crippen LogP contribution in [-0.4, -0.2) is 48.2 Å². The highest BCUT2D eigenvalue weighted by atomic mass is 28.3. The predicted octanol–water partition coefficient (Wildman–Crippen LogP) is 3.33. The molecule has 132 valence electrons. The van der Waals surface area contributed by atoms with E-state index >= 15 is 0 Å².